The SMILES string of the molecule is CCNC(=NCC1(C)CCCS1)NCCN(C)C(=O)OC(C)(C)C. The molecule has 1 saturated heterocycles. The average Bonchev–Trinajstić information content (AvgIpc) is 2.90. The van der Waals surface area contributed by atoms with E-state index in [9.17, 15) is 4.79 Å². The lowest BCUT2D eigenvalue weighted by molar-refractivity contribution is 0.0302. The monoisotopic (exact) mass is 358 g/mol. The minimum Gasteiger partial charge on any atom is -0.444 e. The molecule has 7 heteroatoms. The second kappa shape index (κ2) is 9.39. The van der Waals surface area contributed by atoms with Crippen molar-refractivity contribution < 1.29 is 9.53 Å². The quantitative estimate of drug-likeness (QED) is 0.564. The van der Waals surface area contributed by atoms with Gasteiger partial charge in [-0.25, -0.2) is 4.79 Å². The van der Waals surface area contributed by atoms with E-state index in [1.54, 1.807) is 11.9 Å². The highest BCUT2D eigenvalue weighted by molar-refractivity contribution is 8.00. The normalized spacial score (nSPS) is 21.5. The summed E-state index contributed by atoms with van der Waals surface area (Å²) in [6.45, 7) is 12.8. The third-order valence-electron chi connectivity index (χ3n) is 3.66. The highest BCUT2D eigenvalue weighted by Gasteiger charge is 2.29. The van der Waals surface area contributed by atoms with E-state index in [-0.39, 0.29) is 10.8 Å². The van der Waals surface area contributed by atoms with E-state index in [0.29, 0.717) is 13.1 Å². The maximum Gasteiger partial charge on any atom is 0.410 e. The lowest BCUT2D eigenvalue weighted by Gasteiger charge is -2.25. The fourth-order valence-corrected chi connectivity index (χ4v) is 3.55. The molecule has 1 heterocycles. The summed E-state index contributed by atoms with van der Waals surface area (Å²) in [6.07, 6.45) is 2.20. The Morgan fingerprint density at radius 2 is 2.08 bits per heavy atom. The molecule has 0 aromatic carbocycles. The third kappa shape index (κ3) is 8.13. The first kappa shape index (κ1) is 20.9. The van der Waals surface area contributed by atoms with Crippen LogP contribution in [0.25, 0.3) is 0 Å². The van der Waals surface area contributed by atoms with Gasteiger partial charge >= 0.3 is 6.09 Å². The van der Waals surface area contributed by atoms with E-state index >= 15 is 0 Å². The van der Waals surface area contributed by atoms with Crippen LogP contribution in [0, 0.1) is 0 Å². The zero-order chi connectivity index (χ0) is 18.2. The minimum absolute atomic E-state index is 0.260. The summed E-state index contributed by atoms with van der Waals surface area (Å²) in [5, 5.41) is 6.55. The number of hydrogen-bond donors (Lipinski definition) is 2. The number of nitrogens with one attached hydrogen (secondary N) is 2. The molecule has 0 aliphatic carbocycles. The molecule has 0 spiro atoms. The van der Waals surface area contributed by atoms with E-state index < -0.39 is 5.60 Å². The van der Waals surface area contributed by atoms with Crippen molar-refractivity contribution in [3.05, 3.63) is 0 Å². The van der Waals surface area contributed by atoms with Gasteiger partial charge in [-0.15, -0.1) is 0 Å². The van der Waals surface area contributed by atoms with Gasteiger partial charge in [0.25, 0.3) is 0 Å². The Morgan fingerprint density at radius 1 is 1.38 bits per heavy atom. The van der Waals surface area contributed by atoms with Crippen molar-refractivity contribution in [3.8, 4) is 0 Å². The van der Waals surface area contributed by atoms with Gasteiger partial charge < -0.3 is 20.3 Å². The van der Waals surface area contributed by atoms with E-state index in [0.717, 1.165) is 19.0 Å². The molecule has 2 N–H and O–H groups in total. The van der Waals surface area contributed by atoms with Crippen LogP contribution >= 0.6 is 11.8 Å². The number of carbonyl (C=O) groups is 1. The van der Waals surface area contributed by atoms with Gasteiger partial charge in [0.05, 0.1) is 6.54 Å². The maximum atomic E-state index is 11.9. The van der Waals surface area contributed by atoms with Gasteiger partial charge in [0.1, 0.15) is 5.60 Å². The molecule has 0 saturated carbocycles. The molecule has 0 aromatic heterocycles. The first-order chi connectivity index (χ1) is 11.2. The molecule has 0 aromatic rings. The van der Waals surface area contributed by atoms with Crippen LogP contribution in [0.2, 0.25) is 0 Å². The van der Waals surface area contributed by atoms with Crippen LogP contribution in [0.4, 0.5) is 4.79 Å². The molecule has 1 amide bonds. The van der Waals surface area contributed by atoms with Gasteiger partial charge in [0.2, 0.25) is 0 Å². The van der Waals surface area contributed by atoms with E-state index in [2.05, 4.69) is 24.5 Å². The van der Waals surface area contributed by atoms with Gasteiger partial charge in [0, 0.05) is 31.4 Å². The first-order valence-corrected chi connectivity index (χ1v) is 9.74. The highest BCUT2D eigenvalue weighted by atomic mass is 32.2. The van der Waals surface area contributed by atoms with Crippen LogP contribution in [0.1, 0.15) is 47.5 Å². The Kier molecular flexibility index (Phi) is 8.19. The number of nitrogens with zero attached hydrogens (tertiary/aromatic N) is 2. The molecular formula is C17H34N4O2S. The van der Waals surface area contributed by atoms with Crippen LogP contribution in [0.15, 0.2) is 4.99 Å². The molecule has 6 nitrogen and oxygen atoms in total. The lowest BCUT2D eigenvalue weighted by atomic mass is 10.1. The fourth-order valence-electron chi connectivity index (χ4n) is 2.32. The van der Waals surface area contributed by atoms with Gasteiger partial charge in [-0.3, -0.25) is 4.99 Å². The van der Waals surface area contributed by atoms with Gasteiger partial charge in [-0.1, -0.05) is 0 Å². The average molecular weight is 359 g/mol. The molecule has 140 valence electrons. The third-order valence-corrected chi connectivity index (χ3v) is 5.18. The van der Waals surface area contributed by atoms with Crippen LogP contribution in [-0.2, 0) is 4.74 Å². The number of carbonyl (C=O) groups excluding carboxylic acids is 1. The van der Waals surface area contributed by atoms with Crippen molar-refractivity contribution in [1.82, 2.24) is 15.5 Å². The van der Waals surface area contributed by atoms with Crippen molar-refractivity contribution >= 4 is 23.8 Å². The fraction of sp³-hybridized carbons (Fsp3) is 0.882. The topological polar surface area (TPSA) is 66.0 Å². The Morgan fingerprint density at radius 3 is 2.62 bits per heavy atom. The summed E-state index contributed by atoms with van der Waals surface area (Å²) in [7, 11) is 1.75. The van der Waals surface area contributed by atoms with E-state index in [4.69, 9.17) is 9.73 Å². The van der Waals surface area contributed by atoms with Crippen LogP contribution < -0.4 is 10.6 Å². The van der Waals surface area contributed by atoms with Crippen LogP contribution in [0.3, 0.4) is 0 Å². The number of guanidine groups is 1. The van der Waals surface area contributed by atoms with Gasteiger partial charge in [-0.05, 0) is 53.2 Å². The Hall–Kier alpha value is -1.11. The second-order valence-corrected chi connectivity index (χ2v) is 9.11. The predicted octanol–water partition coefficient (Wildman–Crippen LogP) is 2.69. The van der Waals surface area contributed by atoms with Crippen molar-refractivity contribution in [2.75, 3.05) is 39.0 Å². The number of amides is 1. The molecule has 1 atom stereocenters. The first-order valence-electron chi connectivity index (χ1n) is 8.75. The number of likely N-dealkylation sites (N-methyl/N-ethyl adjacent to an activating group) is 1. The summed E-state index contributed by atoms with van der Waals surface area (Å²) in [6, 6.07) is 0. The van der Waals surface area contributed by atoms with E-state index in [1.165, 1.54) is 18.6 Å². The summed E-state index contributed by atoms with van der Waals surface area (Å²) >= 11 is 2.01. The van der Waals surface area contributed by atoms with Crippen LogP contribution in [-0.4, -0.2) is 66.3 Å². The minimum atomic E-state index is -0.469. The van der Waals surface area contributed by atoms with Crippen molar-refractivity contribution in [1.29, 1.82) is 0 Å². The predicted molar refractivity (Wildman–Crippen MR) is 103 cm³/mol. The van der Waals surface area contributed by atoms with Crippen LogP contribution in [0.5, 0.6) is 0 Å². The molecule has 0 radical (unpaired) electrons. The van der Waals surface area contributed by atoms with Gasteiger partial charge in [-0.2, -0.15) is 11.8 Å². The summed E-state index contributed by atoms with van der Waals surface area (Å²) in [4.78, 5) is 18.2. The van der Waals surface area contributed by atoms with E-state index in [1.807, 2.05) is 32.5 Å². The highest BCUT2D eigenvalue weighted by Crippen LogP contribution is 2.37. The summed E-state index contributed by atoms with van der Waals surface area (Å²) in [5.74, 6) is 2.04. The Labute approximate surface area is 151 Å². The number of rotatable bonds is 6. The number of thioether (sulfide) groups is 1. The standard InChI is InChI=1S/C17H34N4O2S/c1-7-18-14(20-13-17(5)9-8-12-24-17)19-10-11-21(6)15(22)23-16(2,3)4/h7-13H2,1-6H3,(H2,18,19,20). The molecule has 1 rings (SSSR count). The maximum absolute atomic E-state index is 11.9. The molecule has 1 unspecified atom stereocenters. The Bertz CT molecular complexity index is 429. The molecule has 1 fully saturated rings. The number of ether oxygens (including phenoxy) is 1. The lowest BCUT2D eigenvalue weighted by Crippen LogP contribution is -2.43. The smallest absolute Gasteiger partial charge is 0.410 e. The Balaban J connectivity index is 2.41. The van der Waals surface area contributed by atoms with Crippen molar-refractivity contribution in [3.63, 3.8) is 0 Å². The molecule has 1 aliphatic heterocycles. The zero-order valence-corrected chi connectivity index (χ0v) is 16.9. The summed E-state index contributed by atoms with van der Waals surface area (Å²) in [5.41, 5.74) is -0.469. The van der Waals surface area contributed by atoms with Crippen molar-refractivity contribution in [2.45, 2.75) is 57.8 Å². The molecule has 1 aliphatic rings. The zero-order valence-electron chi connectivity index (χ0n) is 16.1. The summed E-state index contributed by atoms with van der Waals surface area (Å²) < 4.78 is 5.60. The van der Waals surface area contributed by atoms with Crippen molar-refractivity contribution in [2.24, 2.45) is 4.99 Å². The second-order valence-electron chi connectivity index (χ2n) is 7.43. The molecule has 0 bridgehead atoms. The number of aliphatic imine (C=N–C) groups is 1. The molecular weight excluding hydrogens is 324 g/mol. The number of hydrogen-bond acceptors (Lipinski definition) is 4. The largest absolute Gasteiger partial charge is 0.444 e. The van der Waals surface area contributed by atoms with Gasteiger partial charge in [0.15, 0.2) is 5.96 Å². The molecule has 24 heavy (non-hydrogen) atoms.